The van der Waals surface area contributed by atoms with Crippen LogP contribution in [0.1, 0.15) is 30.4 Å². The van der Waals surface area contributed by atoms with E-state index in [1.54, 1.807) is 0 Å². The number of hydrogen-bond donors (Lipinski definition) is 1. The third-order valence-electron chi connectivity index (χ3n) is 4.77. The van der Waals surface area contributed by atoms with E-state index in [9.17, 15) is 4.39 Å². The Morgan fingerprint density at radius 3 is 2.67 bits per heavy atom. The molecule has 106 valence electrons. The van der Waals surface area contributed by atoms with Gasteiger partial charge in [0.1, 0.15) is 5.82 Å². The van der Waals surface area contributed by atoms with Gasteiger partial charge in [0.2, 0.25) is 0 Å². The van der Waals surface area contributed by atoms with Gasteiger partial charge in [-0.25, -0.2) is 4.39 Å². The summed E-state index contributed by atoms with van der Waals surface area (Å²) in [4.78, 5) is 0. The first kappa shape index (κ1) is 12.8. The van der Waals surface area contributed by atoms with Gasteiger partial charge in [-0.3, -0.25) is 0 Å². The maximum atomic E-state index is 13.2. The SMILES string of the molecule is NC1CCCC2=C1Cc1cccc(-c3ccc(F)cc3)c12. The number of hydrogen-bond acceptors (Lipinski definition) is 1. The standard InChI is InChI=1S/C19H18FN/c20-14-9-7-12(8-10-14)15-4-1-3-13-11-17-16(19(13)15)5-2-6-18(17)21/h1,3-4,7-10,18H,2,5-6,11,21H2. The second kappa shape index (κ2) is 4.81. The van der Waals surface area contributed by atoms with Gasteiger partial charge >= 0.3 is 0 Å². The minimum Gasteiger partial charge on any atom is -0.324 e. The van der Waals surface area contributed by atoms with Crippen LogP contribution in [0.2, 0.25) is 0 Å². The van der Waals surface area contributed by atoms with Crippen LogP contribution in [0, 0.1) is 5.82 Å². The van der Waals surface area contributed by atoms with Gasteiger partial charge in [-0.05, 0) is 71.2 Å². The lowest BCUT2D eigenvalue weighted by Crippen LogP contribution is -2.25. The van der Waals surface area contributed by atoms with Gasteiger partial charge in [0.15, 0.2) is 0 Å². The maximum Gasteiger partial charge on any atom is 0.123 e. The Kier molecular flexibility index (Phi) is 2.93. The molecule has 4 rings (SSSR count). The Balaban J connectivity index is 1.89. The van der Waals surface area contributed by atoms with E-state index in [-0.39, 0.29) is 11.9 Å². The largest absolute Gasteiger partial charge is 0.324 e. The van der Waals surface area contributed by atoms with Crippen LogP contribution < -0.4 is 5.73 Å². The van der Waals surface area contributed by atoms with Crippen LogP contribution in [-0.4, -0.2) is 6.04 Å². The summed E-state index contributed by atoms with van der Waals surface area (Å²) >= 11 is 0. The fraction of sp³-hybridized carbons (Fsp3) is 0.263. The highest BCUT2D eigenvalue weighted by atomic mass is 19.1. The van der Waals surface area contributed by atoms with E-state index >= 15 is 0 Å². The predicted molar refractivity (Wildman–Crippen MR) is 84.3 cm³/mol. The molecule has 0 aromatic heterocycles. The zero-order valence-electron chi connectivity index (χ0n) is 11.9. The van der Waals surface area contributed by atoms with E-state index in [1.807, 2.05) is 12.1 Å². The van der Waals surface area contributed by atoms with Gasteiger partial charge in [-0.2, -0.15) is 0 Å². The molecule has 0 amide bonds. The molecule has 1 nitrogen and oxygen atoms in total. The quantitative estimate of drug-likeness (QED) is 0.827. The first-order chi connectivity index (χ1) is 10.2. The molecule has 2 N–H and O–H groups in total. The fourth-order valence-electron chi connectivity index (χ4n) is 3.76. The van der Waals surface area contributed by atoms with Crippen LogP contribution in [-0.2, 0) is 6.42 Å². The lowest BCUT2D eigenvalue weighted by Gasteiger charge is -2.22. The van der Waals surface area contributed by atoms with Crippen LogP contribution in [0.4, 0.5) is 4.39 Å². The van der Waals surface area contributed by atoms with Crippen molar-refractivity contribution in [3.05, 3.63) is 65.0 Å². The highest BCUT2D eigenvalue weighted by Gasteiger charge is 2.29. The average Bonchev–Trinajstić information content (AvgIpc) is 2.88. The van der Waals surface area contributed by atoms with E-state index in [0.29, 0.717) is 0 Å². The first-order valence-electron chi connectivity index (χ1n) is 7.60. The maximum absolute atomic E-state index is 13.2. The molecule has 0 saturated heterocycles. The third-order valence-corrected chi connectivity index (χ3v) is 4.77. The van der Waals surface area contributed by atoms with Crippen molar-refractivity contribution < 1.29 is 4.39 Å². The molecule has 0 aliphatic heterocycles. The molecule has 2 aromatic rings. The van der Waals surface area contributed by atoms with Crippen LogP contribution in [0.25, 0.3) is 16.7 Å². The van der Waals surface area contributed by atoms with Crippen molar-refractivity contribution >= 4 is 5.57 Å². The van der Waals surface area contributed by atoms with Gasteiger partial charge in [0, 0.05) is 6.04 Å². The predicted octanol–water partition coefficient (Wildman–Crippen LogP) is 4.31. The number of benzene rings is 2. The molecule has 0 bridgehead atoms. The minimum absolute atomic E-state index is 0.189. The second-order valence-electron chi connectivity index (χ2n) is 6.03. The van der Waals surface area contributed by atoms with Crippen LogP contribution in [0.5, 0.6) is 0 Å². The van der Waals surface area contributed by atoms with Gasteiger partial charge in [0.05, 0.1) is 0 Å². The summed E-state index contributed by atoms with van der Waals surface area (Å²) in [5.41, 5.74) is 14.2. The normalized spacial score (nSPS) is 20.4. The van der Waals surface area contributed by atoms with E-state index in [4.69, 9.17) is 5.73 Å². The Morgan fingerprint density at radius 2 is 1.86 bits per heavy atom. The molecule has 0 spiro atoms. The molecule has 0 fully saturated rings. The van der Waals surface area contributed by atoms with Gasteiger partial charge < -0.3 is 5.73 Å². The van der Waals surface area contributed by atoms with Crippen molar-refractivity contribution in [3.63, 3.8) is 0 Å². The van der Waals surface area contributed by atoms with Gasteiger partial charge in [0.25, 0.3) is 0 Å². The summed E-state index contributed by atoms with van der Waals surface area (Å²) in [6, 6.07) is 13.5. The number of rotatable bonds is 1. The lowest BCUT2D eigenvalue weighted by atomic mass is 9.86. The van der Waals surface area contributed by atoms with Crippen molar-refractivity contribution in [2.24, 2.45) is 5.73 Å². The Hall–Kier alpha value is -1.93. The summed E-state index contributed by atoms with van der Waals surface area (Å²) < 4.78 is 13.2. The molecule has 1 atom stereocenters. The van der Waals surface area contributed by atoms with Crippen molar-refractivity contribution in [3.8, 4) is 11.1 Å². The molecule has 1 unspecified atom stereocenters. The monoisotopic (exact) mass is 279 g/mol. The molecule has 0 radical (unpaired) electrons. The van der Waals surface area contributed by atoms with Crippen molar-refractivity contribution in [1.82, 2.24) is 0 Å². The van der Waals surface area contributed by atoms with Crippen molar-refractivity contribution in [2.75, 3.05) is 0 Å². The Labute approximate surface area is 124 Å². The topological polar surface area (TPSA) is 26.0 Å². The van der Waals surface area contributed by atoms with E-state index < -0.39 is 0 Å². The molecule has 21 heavy (non-hydrogen) atoms. The third kappa shape index (κ3) is 2.02. The Bertz CT molecular complexity index is 728. The summed E-state index contributed by atoms with van der Waals surface area (Å²) in [5.74, 6) is -0.189. The van der Waals surface area contributed by atoms with E-state index in [2.05, 4.69) is 18.2 Å². The molecule has 0 saturated carbocycles. The summed E-state index contributed by atoms with van der Waals surface area (Å²) in [6.07, 6.45) is 4.37. The summed E-state index contributed by atoms with van der Waals surface area (Å²) in [6.45, 7) is 0. The number of nitrogens with two attached hydrogens (primary N) is 1. The number of fused-ring (bicyclic) bond motifs is 2. The van der Waals surface area contributed by atoms with Crippen molar-refractivity contribution in [1.29, 1.82) is 0 Å². The fourth-order valence-corrected chi connectivity index (χ4v) is 3.76. The summed E-state index contributed by atoms with van der Waals surface area (Å²) in [7, 11) is 0. The van der Waals surface area contributed by atoms with Crippen LogP contribution >= 0.6 is 0 Å². The number of allylic oxidation sites excluding steroid dienone is 1. The smallest absolute Gasteiger partial charge is 0.123 e. The van der Waals surface area contributed by atoms with E-state index in [1.165, 1.54) is 40.0 Å². The molecular weight excluding hydrogens is 261 g/mol. The molecule has 2 heteroatoms. The first-order valence-corrected chi connectivity index (χ1v) is 7.60. The average molecular weight is 279 g/mol. The molecule has 0 heterocycles. The van der Waals surface area contributed by atoms with Crippen LogP contribution in [0.15, 0.2) is 48.0 Å². The van der Waals surface area contributed by atoms with E-state index in [0.717, 1.165) is 31.2 Å². The zero-order valence-corrected chi connectivity index (χ0v) is 11.9. The van der Waals surface area contributed by atoms with Crippen molar-refractivity contribution in [2.45, 2.75) is 31.7 Å². The highest BCUT2D eigenvalue weighted by molar-refractivity contribution is 5.88. The van der Waals surface area contributed by atoms with Gasteiger partial charge in [-0.15, -0.1) is 0 Å². The molecular formula is C19H18FN. The van der Waals surface area contributed by atoms with Crippen LogP contribution in [0.3, 0.4) is 0 Å². The molecule has 2 aliphatic rings. The minimum atomic E-state index is -0.189. The second-order valence-corrected chi connectivity index (χ2v) is 6.03. The Morgan fingerprint density at radius 1 is 1.05 bits per heavy atom. The van der Waals surface area contributed by atoms with Gasteiger partial charge in [-0.1, -0.05) is 30.3 Å². The lowest BCUT2D eigenvalue weighted by molar-refractivity contribution is 0.620. The highest BCUT2D eigenvalue weighted by Crippen LogP contribution is 2.45. The summed E-state index contributed by atoms with van der Waals surface area (Å²) in [5, 5.41) is 0. The zero-order chi connectivity index (χ0) is 14.4. The molecule has 2 aromatic carbocycles. The molecule has 2 aliphatic carbocycles. The number of halogens is 1.